The molecule has 0 aliphatic carbocycles. The lowest BCUT2D eigenvalue weighted by Crippen LogP contribution is -2.41. The van der Waals surface area contributed by atoms with Crippen LogP contribution in [0.3, 0.4) is 0 Å². The number of nitrogens with zero attached hydrogens (tertiary/aromatic N) is 1. The molecule has 0 aliphatic rings. The van der Waals surface area contributed by atoms with Crippen LogP contribution in [0, 0.1) is 11.3 Å². The van der Waals surface area contributed by atoms with Crippen molar-refractivity contribution in [2.45, 2.75) is 45.0 Å². The molecule has 1 rings (SSSR count). The second kappa shape index (κ2) is 4.87. The Bertz CT molecular complexity index is 402. The van der Waals surface area contributed by atoms with Gasteiger partial charge in [-0.25, -0.2) is 0 Å². The van der Waals surface area contributed by atoms with Crippen molar-refractivity contribution < 1.29 is 9.84 Å². The largest absolute Gasteiger partial charge is 0.384 e. The fourth-order valence-corrected chi connectivity index (χ4v) is 1.73. The Morgan fingerprint density at radius 3 is 2.12 bits per heavy atom. The summed E-state index contributed by atoms with van der Waals surface area (Å²) in [6, 6.07) is 11.1. The van der Waals surface area contributed by atoms with Crippen LogP contribution in [0.15, 0.2) is 30.3 Å². The van der Waals surface area contributed by atoms with E-state index in [4.69, 9.17) is 4.74 Å². The summed E-state index contributed by atoms with van der Waals surface area (Å²) in [5.74, 6) is 0. The van der Waals surface area contributed by atoms with Crippen LogP contribution in [-0.2, 0) is 4.74 Å². The van der Waals surface area contributed by atoms with Gasteiger partial charge in [0, 0.05) is 0 Å². The minimum absolute atomic E-state index is 0.486. The van der Waals surface area contributed by atoms with E-state index in [-0.39, 0.29) is 0 Å². The zero-order valence-electron chi connectivity index (χ0n) is 10.8. The van der Waals surface area contributed by atoms with Gasteiger partial charge in [-0.05, 0) is 33.3 Å². The molecule has 1 aromatic carbocycles. The zero-order valence-corrected chi connectivity index (χ0v) is 10.8. The average Bonchev–Trinajstić information content (AvgIpc) is 2.27. The van der Waals surface area contributed by atoms with E-state index in [9.17, 15) is 10.4 Å². The van der Waals surface area contributed by atoms with E-state index in [2.05, 4.69) is 6.07 Å². The lowest BCUT2D eigenvalue weighted by atomic mass is 9.93. The second-order valence-electron chi connectivity index (χ2n) is 5.25. The Balaban J connectivity index is 2.99. The first-order valence-electron chi connectivity index (χ1n) is 5.63. The Kier molecular flexibility index (Phi) is 3.92. The minimum atomic E-state index is -1.25. The van der Waals surface area contributed by atoms with Gasteiger partial charge in [-0.2, -0.15) is 5.26 Å². The Morgan fingerprint density at radius 1 is 1.18 bits per heavy atom. The summed E-state index contributed by atoms with van der Waals surface area (Å²) < 4.78 is 5.68. The van der Waals surface area contributed by atoms with E-state index < -0.39 is 17.3 Å². The molecule has 0 aromatic heterocycles. The van der Waals surface area contributed by atoms with Crippen LogP contribution in [0.25, 0.3) is 0 Å². The van der Waals surface area contributed by atoms with Crippen LogP contribution < -0.4 is 0 Å². The molecule has 0 saturated heterocycles. The van der Waals surface area contributed by atoms with Crippen molar-refractivity contribution in [1.29, 1.82) is 5.26 Å². The Morgan fingerprint density at radius 2 is 1.71 bits per heavy atom. The summed E-state index contributed by atoms with van der Waals surface area (Å²) in [4.78, 5) is 0. The number of hydrogen-bond donors (Lipinski definition) is 1. The summed E-state index contributed by atoms with van der Waals surface area (Å²) in [6.45, 7) is 7.19. The van der Waals surface area contributed by atoms with E-state index in [1.54, 1.807) is 19.1 Å². The van der Waals surface area contributed by atoms with Crippen LogP contribution in [0.1, 0.15) is 39.4 Å². The summed E-state index contributed by atoms with van der Waals surface area (Å²) in [6.07, 6.45) is -0.965. The third-order valence-electron chi connectivity index (χ3n) is 2.38. The lowest BCUT2D eigenvalue weighted by molar-refractivity contribution is -0.145. The van der Waals surface area contributed by atoms with Crippen LogP contribution in [0.4, 0.5) is 0 Å². The SMILES string of the molecule is CC(C)(C)O[C@](C)(C#N)[C@@H](O)c1ccccc1. The van der Waals surface area contributed by atoms with Crippen LogP contribution in [0.5, 0.6) is 0 Å². The normalized spacial score (nSPS) is 16.9. The minimum Gasteiger partial charge on any atom is -0.384 e. The predicted molar refractivity (Wildman–Crippen MR) is 66.3 cm³/mol. The van der Waals surface area contributed by atoms with Crippen molar-refractivity contribution in [3.8, 4) is 6.07 Å². The highest BCUT2D eigenvalue weighted by atomic mass is 16.5. The van der Waals surface area contributed by atoms with Gasteiger partial charge in [-0.3, -0.25) is 0 Å². The molecular formula is C14H19NO2. The van der Waals surface area contributed by atoms with Crippen molar-refractivity contribution in [3.05, 3.63) is 35.9 Å². The molecule has 0 heterocycles. The molecule has 1 N–H and O–H groups in total. The van der Waals surface area contributed by atoms with Crippen molar-refractivity contribution >= 4 is 0 Å². The summed E-state index contributed by atoms with van der Waals surface area (Å²) >= 11 is 0. The second-order valence-corrected chi connectivity index (χ2v) is 5.25. The standard InChI is InChI=1S/C14H19NO2/c1-13(2,3)17-14(4,10-15)12(16)11-8-6-5-7-9-11/h5-9,12,16H,1-4H3/t12-,14+/m0/s1. The van der Waals surface area contributed by atoms with Crippen molar-refractivity contribution in [1.82, 2.24) is 0 Å². The number of nitriles is 1. The number of hydrogen-bond acceptors (Lipinski definition) is 3. The molecular weight excluding hydrogens is 214 g/mol. The van der Waals surface area contributed by atoms with Crippen molar-refractivity contribution in [3.63, 3.8) is 0 Å². The third kappa shape index (κ3) is 3.55. The smallest absolute Gasteiger partial charge is 0.181 e. The summed E-state index contributed by atoms with van der Waals surface area (Å²) in [7, 11) is 0. The topological polar surface area (TPSA) is 53.2 Å². The number of aliphatic hydroxyl groups excluding tert-OH is 1. The number of aliphatic hydroxyl groups is 1. The number of benzene rings is 1. The molecule has 92 valence electrons. The van der Waals surface area contributed by atoms with Gasteiger partial charge in [0.15, 0.2) is 5.60 Å². The summed E-state index contributed by atoms with van der Waals surface area (Å²) in [5, 5.41) is 19.5. The maximum absolute atomic E-state index is 10.3. The van der Waals surface area contributed by atoms with Gasteiger partial charge in [-0.15, -0.1) is 0 Å². The third-order valence-corrected chi connectivity index (χ3v) is 2.38. The van der Waals surface area contributed by atoms with E-state index in [1.165, 1.54) is 0 Å². The first-order valence-corrected chi connectivity index (χ1v) is 5.63. The number of rotatable bonds is 3. The number of ether oxygens (including phenoxy) is 1. The van der Waals surface area contributed by atoms with Crippen LogP contribution in [0.2, 0.25) is 0 Å². The monoisotopic (exact) mass is 233 g/mol. The molecule has 0 saturated carbocycles. The van der Waals surface area contributed by atoms with Gasteiger partial charge < -0.3 is 9.84 Å². The molecule has 0 spiro atoms. The van der Waals surface area contributed by atoms with E-state index in [0.29, 0.717) is 5.56 Å². The van der Waals surface area contributed by atoms with Crippen LogP contribution >= 0.6 is 0 Å². The molecule has 0 radical (unpaired) electrons. The highest BCUT2D eigenvalue weighted by Gasteiger charge is 2.38. The predicted octanol–water partition coefficient (Wildman–Crippen LogP) is 2.82. The van der Waals surface area contributed by atoms with Gasteiger partial charge in [-0.1, -0.05) is 30.3 Å². The fourth-order valence-electron chi connectivity index (χ4n) is 1.73. The van der Waals surface area contributed by atoms with E-state index in [0.717, 1.165) is 0 Å². The molecule has 17 heavy (non-hydrogen) atoms. The highest BCUT2D eigenvalue weighted by Crippen LogP contribution is 2.32. The molecule has 0 fully saturated rings. The first-order chi connectivity index (χ1) is 7.78. The van der Waals surface area contributed by atoms with Gasteiger partial charge in [0.05, 0.1) is 5.60 Å². The maximum Gasteiger partial charge on any atom is 0.181 e. The van der Waals surface area contributed by atoms with Crippen molar-refractivity contribution in [2.75, 3.05) is 0 Å². The van der Waals surface area contributed by atoms with E-state index in [1.807, 2.05) is 39.0 Å². The average molecular weight is 233 g/mol. The lowest BCUT2D eigenvalue weighted by Gasteiger charge is -2.34. The molecule has 0 unspecified atom stereocenters. The van der Waals surface area contributed by atoms with Crippen LogP contribution in [-0.4, -0.2) is 16.3 Å². The molecule has 0 bridgehead atoms. The molecule has 3 heteroatoms. The quantitative estimate of drug-likeness (QED) is 0.873. The molecule has 3 nitrogen and oxygen atoms in total. The Hall–Kier alpha value is -1.37. The van der Waals surface area contributed by atoms with Gasteiger partial charge in [0.1, 0.15) is 12.2 Å². The molecule has 0 aliphatic heterocycles. The first kappa shape index (κ1) is 13.7. The maximum atomic E-state index is 10.3. The fraction of sp³-hybridized carbons (Fsp3) is 0.500. The molecule has 1 aromatic rings. The molecule has 2 atom stereocenters. The highest BCUT2D eigenvalue weighted by molar-refractivity contribution is 5.23. The summed E-state index contributed by atoms with van der Waals surface area (Å²) in [5.41, 5.74) is -1.05. The van der Waals surface area contributed by atoms with Crippen molar-refractivity contribution in [2.24, 2.45) is 0 Å². The molecule has 0 amide bonds. The Labute approximate surface area is 103 Å². The zero-order chi connectivity index (χ0) is 13.1. The van der Waals surface area contributed by atoms with E-state index >= 15 is 0 Å². The van der Waals surface area contributed by atoms with Gasteiger partial charge in [0.25, 0.3) is 0 Å². The van der Waals surface area contributed by atoms with Gasteiger partial charge in [0.2, 0.25) is 0 Å². The van der Waals surface area contributed by atoms with Gasteiger partial charge >= 0.3 is 0 Å².